The number of ketones is 1. The first-order valence-electron chi connectivity index (χ1n) is 8.78. The molecule has 2 heteroatoms. The average Bonchev–Trinajstić information content (AvgIpc) is 2.63. The Labute approximate surface area is 143 Å². The Morgan fingerprint density at radius 1 is 0.875 bits per heavy atom. The highest BCUT2D eigenvalue weighted by atomic mass is 16.1. The van der Waals surface area contributed by atoms with E-state index < -0.39 is 0 Å². The maximum Gasteiger partial charge on any atom is 0.249 e. The highest BCUT2D eigenvalue weighted by molar-refractivity contribution is 5.94. The first-order valence-corrected chi connectivity index (χ1v) is 8.78. The summed E-state index contributed by atoms with van der Waals surface area (Å²) in [5.41, 5.74) is 3.14. The van der Waals surface area contributed by atoms with Crippen molar-refractivity contribution in [2.45, 2.75) is 39.2 Å². The zero-order chi connectivity index (χ0) is 16.8. The summed E-state index contributed by atoms with van der Waals surface area (Å²) in [6, 6.07) is 22.7. The van der Waals surface area contributed by atoms with Gasteiger partial charge in [-0.05, 0) is 18.6 Å². The molecule has 0 aliphatic carbocycles. The van der Waals surface area contributed by atoms with Crippen LogP contribution in [0.15, 0.2) is 66.7 Å². The van der Waals surface area contributed by atoms with Gasteiger partial charge in [0.15, 0.2) is 6.54 Å². The quantitative estimate of drug-likeness (QED) is 0.343. The van der Waals surface area contributed by atoms with Gasteiger partial charge in [-0.15, -0.1) is 0 Å². The molecule has 2 nitrogen and oxygen atoms in total. The number of fused-ring (bicyclic) bond motifs is 1. The predicted molar refractivity (Wildman–Crippen MR) is 98.2 cm³/mol. The summed E-state index contributed by atoms with van der Waals surface area (Å²) in [4.78, 5) is 12.8. The summed E-state index contributed by atoms with van der Waals surface area (Å²) in [6.07, 6.45) is 3.83. The maximum atomic E-state index is 12.8. The number of unbranched alkanes of at least 4 members (excludes halogenated alkanes) is 2. The molecule has 0 aliphatic rings. The molecule has 0 saturated carbocycles. The molecule has 0 bridgehead atoms. The van der Waals surface area contributed by atoms with Crippen LogP contribution in [0.1, 0.15) is 48.7 Å². The molecule has 2 aromatic carbocycles. The van der Waals surface area contributed by atoms with Crippen LogP contribution in [0.2, 0.25) is 0 Å². The molecular formula is C22H24NO+. The maximum absolute atomic E-state index is 12.8. The first kappa shape index (κ1) is 16.4. The highest BCUT2D eigenvalue weighted by Crippen LogP contribution is 2.14. The van der Waals surface area contributed by atoms with Crippen molar-refractivity contribution in [3.8, 4) is 0 Å². The largest absolute Gasteiger partial charge is 0.287 e. The zero-order valence-electron chi connectivity index (χ0n) is 14.2. The lowest BCUT2D eigenvalue weighted by molar-refractivity contribution is -0.664. The number of carbonyl (C=O) groups excluding carboxylic acids is 1. The third-order valence-corrected chi connectivity index (χ3v) is 4.42. The summed E-state index contributed by atoms with van der Waals surface area (Å²) in [6.45, 7) is 2.88. The van der Waals surface area contributed by atoms with Crippen LogP contribution in [-0.2, 0) is 6.54 Å². The molecule has 0 radical (unpaired) electrons. The number of hydrogen-bond acceptors (Lipinski definition) is 1. The van der Waals surface area contributed by atoms with E-state index in [0.717, 1.165) is 37.0 Å². The van der Waals surface area contributed by atoms with Crippen LogP contribution in [0, 0.1) is 0 Å². The van der Waals surface area contributed by atoms with Gasteiger partial charge in [-0.3, -0.25) is 4.79 Å². The minimum absolute atomic E-state index is 0.241. The van der Waals surface area contributed by atoms with Crippen molar-refractivity contribution in [2.75, 3.05) is 0 Å². The van der Waals surface area contributed by atoms with Crippen molar-refractivity contribution in [2.24, 2.45) is 0 Å². The Kier molecular flexibility index (Phi) is 5.37. The van der Waals surface area contributed by atoms with Crippen molar-refractivity contribution in [1.82, 2.24) is 0 Å². The molecule has 0 fully saturated rings. The molecule has 24 heavy (non-hydrogen) atoms. The van der Waals surface area contributed by atoms with Crippen molar-refractivity contribution in [3.63, 3.8) is 0 Å². The summed E-state index contributed by atoms with van der Waals surface area (Å²) in [5.74, 6) is 0.241. The lowest BCUT2D eigenvalue weighted by atomic mass is 10.1. The van der Waals surface area contributed by atoms with E-state index in [0.29, 0.717) is 6.42 Å². The second-order valence-electron chi connectivity index (χ2n) is 6.23. The number of nitrogens with zero attached hydrogens (tertiary/aromatic N) is 1. The van der Waals surface area contributed by atoms with Gasteiger partial charge in [-0.25, -0.2) is 0 Å². The van der Waals surface area contributed by atoms with Crippen LogP contribution in [0.5, 0.6) is 0 Å². The van der Waals surface area contributed by atoms with Gasteiger partial charge in [0.1, 0.15) is 0 Å². The van der Waals surface area contributed by atoms with E-state index in [-0.39, 0.29) is 5.78 Å². The van der Waals surface area contributed by atoms with Crippen LogP contribution < -0.4 is 4.57 Å². The van der Waals surface area contributed by atoms with E-state index in [9.17, 15) is 4.79 Å². The fraction of sp³-hybridized carbons (Fsp3) is 0.273. The number of carbonyl (C=O) groups is 1. The molecule has 0 amide bonds. The highest BCUT2D eigenvalue weighted by Gasteiger charge is 2.21. The molecule has 0 N–H and O–H groups in total. The SMILES string of the molecule is CCCCCC(=O)c1ccc2ccccc2[n+]1Cc1ccccc1. The lowest BCUT2D eigenvalue weighted by Crippen LogP contribution is -2.41. The van der Waals surface area contributed by atoms with Crippen molar-refractivity contribution < 1.29 is 9.36 Å². The summed E-state index contributed by atoms with van der Waals surface area (Å²) in [7, 11) is 0. The number of pyridine rings is 1. The van der Waals surface area contributed by atoms with Crippen LogP contribution in [0.4, 0.5) is 0 Å². The Hall–Kier alpha value is -2.48. The summed E-state index contributed by atoms with van der Waals surface area (Å²) in [5, 5.41) is 1.17. The number of benzene rings is 2. The third-order valence-electron chi connectivity index (χ3n) is 4.42. The van der Waals surface area contributed by atoms with Gasteiger partial charge in [-0.1, -0.05) is 62.2 Å². The minimum Gasteiger partial charge on any atom is -0.287 e. The van der Waals surface area contributed by atoms with Crippen LogP contribution in [0.25, 0.3) is 10.9 Å². The first-order chi connectivity index (χ1) is 11.8. The van der Waals surface area contributed by atoms with Gasteiger partial charge in [0, 0.05) is 29.5 Å². The van der Waals surface area contributed by atoms with Crippen LogP contribution >= 0.6 is 0 Å². The Morgan fingerprint density at radius 2 is 1.62 bits per heavy atom. The number of Topliss-reactive ketones (excluding diaryl/α,β-unsaturated/α-hetero) is 1. The molecule has 122 valence electrons. The molecule has 0 atom stereocenters. The molecule has 1 heterocycles. The second-order valence-corrected chi connectivity index (χ2v) is 6.23. The Morgan fingerprint density at radius 3 is 2.42 bits per heavy atom. The van der Waals surface area contributed by atoms with Gasteiger partial charge < -0.3 is 0 Å². The van der Waals surface area contributed by atoms with Crippen molar-refractivity contribution in [1.29, 1.82) is 0 Å². The Bertz CT molecular complexity index is 824. The van der Waals surface area contributed by atoms with Crippen molar-refractivity contribution >= 4 is 16.7 Å². The summed E-state index contributed by atoms with van der Waals surface area (Å²) >= 11 is 0. The van der Waals surface area contributed by atoms with E-state index in [1.54, 1.807) is 0 Å². The molecular weight excluding hydrogens is 294 g/mol. The molecule has 3 aromatic rings. The second kappa shape index (κ2) is 7.87. The lowest BCUT2D eigenvalue weighted by Gasteiger charge is -2.07. The van der Waals surface area contributed by atoms with E-state index in [2.05, 4.69) is 41.8 Å². The average molecular weight is 318 g/mol. The molecule has 0 aliphatic heterocycles. The number of aromatic nitrogens is 1. The minimum atomic E-state index is 0.241. The van der Waals surface area contributed by atoms with Gasteiger partial charge in [-0.2, -0.15) is 4.57 Å². The van der Waals surface area contributed by atoms with Gasteiger partial charge in [0.05, 0.1) is 0 Å². The molecule has 0 unspecified atom stereocenters. The fourth-order valence-electron chi connectivity index (χ4n) is 3.11. The molecule has 0 saturated heterocycles. The number of para-hydroxylation sites is 1. The monoisotopic (exact) mass is 318 g/mol. The topological polar surface area (TPSA) is 20.9 Å². The summed E-state index contributed by atoms with van der Waals surface area (Å²) < 4.78 is 2.17. The molecule has 1 aromatic heterocycles. The third kappa shape index (κ3) is 3.70. The van der Waals surface area contributed by atoms with E-state index in [4.69, 9.17) is 0 Å². The Balaban J connectivity index is 2.01. The predicted octanol–water partition coefficient (Wildman–Crippen LogP) is 4.94. The smallest absolute Gasteiger partial charge is 0.249 e. The zero-order valence-corrected chi connectivity index (χ0v) is 14.2. The van der Waals surface area contributed by atoms with E-state index in [1.807, 2.05) is 36.4 Å². The number of rotatable bonds is 7. The fourth-order valence-corrected chi connectivity index (χ4v) is 3.11. The van der Waals surface area contributed by atoms with E-state index in [1.165, 1.54) is 10.9 Å². The standard InChI is InChI=1S/C22H24NO/c1-2-3-5-14-22(24)21-16-15-19-12-8-9-13-20(19)23(21)17-18-10-6-4-7-11-18/h4,6-13,15-16H,2-3,5,14,17H2,1H3/q+1. The van der Waals surface area contributed by atoms with Gasteiger partial charge in [0.2, 0.25) is 17.0 Å². The van der Waals surface area contributed by atoms with Gasteiger partial charge >= 0.3 is 0 Å². The normalized spacial score (nSPS) is 10.9. The molecule has 3 rings (SSSR count). The number of hydrogen-bond donors (Lipinski definition) is 0. The van der Waals surface area contributed by atoms with Crippen LogP contribution in [0.3, 0.4) is 0 Å². The van der Waals surface area contributed by atoms with Crippen molar-refractivity contribution in [3.05, 3.63) is 78.0 Å². The van der Waals surface area contributed by atoms with Gasteiger partial charge in [0.25, 0.3) is 0 Å². The molecule has 0 spiro atoms. The van der Waals surface area contributed by atoms with E-state index >= 15 is 0 Å². The van der Waals surface area contributed by atoms with Crippen LogP contribution in [-0.4, -0.2) is 5.78 Å².